The minimum Gasteiger partial charge on any atom is -0.481 e. The van der Waals surface area contributed by atoms with Crippen LogP contribution in [-0.2, 0) is 21.2 Å². The molecule has 0 spiro atoms. The summed E-state index contributed by atoms with van der Waals surface area (Å²) in [6.45, 7) is 2.02. The van der Waals surface area contributed by atoms with Gasteiger partial charge in [0.05, 0.1) is 10.8 Å². The zero-order valence-electron chi connectivity index (χ0n) is 17.0. The number of rotatable bonds is 4. The summed E-state index contributed by atoms with van der Waals surface area (Å²) >= 11 is 0. The van der Waals surface area contributed by atoms with Gasteiger partial charge in [-0.25, -0.2) is 8.42 Å². The lowest BCUT2D eigenvalue weighted by atomic mass is 9.89. The molecule has 0 saturated carbocycles. The molecule has 6 nitrogen and oxygen atoms in total. The number of aliphatic carboxylic acids is 1. The number of fused-ring (bicyclic) bond motifs is 3. The molecular formula is C23H26N2O4S. The monoisotopic (exact) mass is 426 g/mol. The standard InChI is InChI=1S/C23H26N2O4S/c1-14-2-9-22(24-13-14)16-10-17-5-6-18(11-16)25(17)30(28,29)19-7-3-15-4-8-20(23(26)27)21(15)12-19/h2-3,7,9,12-13,16-18,20H,4-6,8,10-11H2,1H3,(H,26,27). The Labute approximate surface area is 177 Å². The Bertz CT molecular complexity index is 1080. The number of piperidine rings is 1. The molecule has 3 aliphatic rings. The highest BCUT2D eigenvalue weighted by Gasteiger charge is 2.48. The van der Waals surface area contributed by atoms with E-state index in [1.807, 2.05) is 13.1 Å². The van der Waals surface area contributed by atoms with Crippen molar-refractivity contribution in [1.29, 1.82) is 0 Å². The van der Waals surface area contributed by atoms with Crippen molar-refractivity contribution in [2.45, 2.75) is 74.3 Å². The number of sulfonamides is 1. The highest BCUT2D eigenvalue weighted by atomic mass is 32.2. The van der Waals surface area contributed by atoms with Crippen LogP contribution in [0.2, 0.25) is 0 Å². The van der Waals surface area contributed by atoms with Gasteiger partial charge < -0.3 is 5.11 Å². The van der Waals surface area contributed by atoms with Crippen molar-refractivity contribution in [3.63, 3.8) is 0 Å². The molecule has 1 N–H and O–H groups in total. The van der Waals surface area contributed by atoms with Gasteiger partial charge in [-0.05, 0) is 80.3 Å². The van der Waals surface area contributed by atoms with Gasteiger partial charge in [-0.1, -0.05) is 12.1 Å². The number of carbonyl (C=O) groups is 1. The zero-order valence-corrected chi connectivity index (χ0v) is 17.8. The molecule has 1 aliphatic carbocycles. The number of benzene rings is 1. The fourth-order valence-electron chi connectivity index (χ4n) is 5.61. The van der Waals surface area contributed by atoms with Crippen molar-refractivity contribution in [1.82, 2.24) is 9.29 Å². The van der Waals surface area contributed by atoms with Crippen LogP contribution in [0, 0.1) is 6.92 Å². The summed E-state index contributed by atoms with van der Waals surface area (Å²) in [5, 5.41) is 9.49. The third-order valence-electron chi connectivity index (χ3n) is 7.09. The van der Waals surface area contributed by atoms with E-state index < -0.39 is 21.9 Å². The molecule has 5 rings (SSSR count). The first-order valence-corrected chi connectivity index (χ1v) is 12.1. The van der Waals surface area contributed by atoms with Crippen LogP contribution in [-0.4, -0.2) is 40.9 Å². The first kappa shape index (κ1) is 19.7. The fraction of sp³-hybridized carbons (Fsp3) is 0.478. The van der Waals surface area contributed by atoms with E-state index in [1.54, 1.807) is 22.5 Å². The summed E-state index contributed by atoms with van der Waals surface area (Å²) < 4.78 is 28.9. The summed E-state index contributed by atoms with van der Waals surface area (Å²) in [6, 6.07) is 9.16. The molecule has 2 saturated heterocycles. The van der Waals surface area contributed by atoms with E-state index >= 15 is 0 Å². The number of carboxylic acid groups (broad SMARTS) is 1. The molecule has 2 bridgehead atoms. The summed E-state index contributed by atoms with van der Waals surface area (Å²) in [4.78, 5) is 16.4. The van der Waals surface area contributed by atoms with Crippen LogP contribution < -0.4 is 0 Å². The molecule has 1 aromatic carbocycles. The molecule has 3 unspecified atom stereocenters. The first-order valence-electron chi connectivity index (χ1n) is 10.7. The SMILES string of the molecule is Cc1ccc(C2CC3CCC(C2)N3S(=O)(=O)c2ccc3c(c2)C(C(=O)O)CC3)nc1. The highest BCUT2D eigenvalue weighted by molar-refractivity contribution is 7.89. The lowest BCUT2D eigenvalue weighted by Gasteiger charge is -2.37. The maximum Gasteiger partial charge on any atom is 0.310 e. The van der Waals surface area contributed by atoms with Gasteiger partial charge in [0.2, 0.25) is 10.0 Å². The lowest BCUT2D eigenvalue weighted by Crippen LogP contribution is -2.46. The molecule has 3 heterocycles. The van der Waals surface area contributed by atoms with Crippen molar-refractivity contribution >= 4 is 16.0 Å². The van der Waals surface area contributed by atoms with E-state index in [2.05, 4.69) is 17.1 Å². The molecule has 2 aliphatic heterocycles. The van der Waals surface area contributed by atoms with Crippen LogP contribution in [0.3, 0.4) is 0 Å². The lowest BCUT2D eigenvalue weighted by molar-refractivity contribution is -0.138. The molecule has 0 radical (unpaired) electrons. The molecule has 1 aromatic heterocycles. The third kappa shape index (κ3) is 3.15. The average molecular weight is 427 g/mol. The molecule has 0 amide bonds. The zero-order chi connectivity index (χ0) is 21.0. The second kappa shape index (κ2) is 7.17. The molecule has 30 heavy (non-hydrogen) atoms. The van der Waals surface area contributed by atoms with Gasteiger partial charge in [-0.3, -0.25) is 9.78 Å². The minimum absolute atomic E-state index is 0.0228. The topological polar surface area (TPSA) is 87.6 Å². The van der Waals surface area contributed by atoms with Crippen LogP contribution in [0.15, 0.2) is 41.4 Å². The first-order chi connectivity index (χ1) is 14.3. The van der Waals surface area contributed by atoms with Gasteiger partial charge in [-0.2, -0.15) is 4.31 Å². The Morgan fingerprint density at radius 1 is 1.10 bits per heavy atom. The molecular weight excluding hydrogens is 400 g/mol. The van der Waals surface area contributed by atoms with E-state index in [4.69, 9.17) is 0 Å². The minimum atomic E-state index is -3.66. The quantitative estimate of drug-likeness (QED) is 0.807. The number of aromatic nitrogens is 1. The van der Waals surface area contributed by atoms with Gasteiger partial charge >= 0.3 is 5.97 Å². The average Bonchev–Trinajstić information content (AvgIpc) is 3.27. The van der Waals surface area contributed by atoms with E-state index in [0.717, 1.165) is 42.5 Å². The fourth-order valence-corrected chi connectivity index (χ4v) is 7.54. The van der Waals surface area contributed by atoms with Crippen molar-refractivity contribution in [2.75, 3.05) is 0 Å². The van der Waals surface area contributed by atoms with Crippen LogP contribution in [0.5, 0.6) is 0 Å². The Kier molecular flexibility index (Phi) is 4.71. The normalized spacial score (nSPS) is 28.4. The summed E-state index contributed by atoms with van der Waals surface area (Å²) in [5.41, 5.74) is 3.79. The van der Waals surface area contributed by atoms with E-state index in [-0.39, 0.29) is 22.9 Å². The Morgan fingerprint density at radius 3 is 2.47 bits per heavy atom. The number of carboxylic acids is 1. The second-order valence-corrected chi connectivity index (χ2v) is 10.8. The smallest absolute Gasteiger partial charge is 0.310 e. The van der Waals surface area contributed by atoms with Gasteiger partial charge in [0.1, 0.15) is 0 Å². The Balaban J connectivity index is 1.43. The van der Waals surface area contributed by atoms with E-state index in [9.17, 15) is 18.3 Å². The van der Waals surface area contributed by atoms with Crippen molar-refractivity contribution in [3.05, 3.63) is 58.9 Å². The number of aryl methyl sites for hydroxylation is 2. The third-order valence-corrected chi connectivity index (χ3v) is 9.09. The summed E-state index contributed by atoms with van der Waals surface area (Å²) in [7, 11) is -3.66. The number of nitrogens with zero attached hydrogens (tertiary/aromatic N) is 2. The van der Waals surface area contributed by atoms with E-state index in [0.29, 0.717) is 18.4 Å². The molecule has 2 aromatic rings. The molecule has 3 atom stereocenters. The van der Waals surface area contributed by atoms with Crippen LogP contribution in [0.25, 0.3) is 0 Å². The molecule has 2 fully saturated rings. The van der Waals surface area contributed by atoms with Crippen LogP contribution >= 0.6 is 0 Å². The maximum absolute atomic E-state index is 13.6. The van der Waals surface area contributed by atoms with Crippen molar-refractivity contribution in [2.24, 2.45) is 0 Å². The van der Waals surface area contributed by atoms with Gasteiger partial charge in [0.25, 0.3) is 0 Å². The predicted molar refractivity (Wildman–Crippen MR) is 112 cm³/mol. The molecule has 158 valence electrons. The maximum atomic E-state index is 13.6. The summed E-state index contributed by atoms with van der Waals surface area (Å²) in [5.74, 6) is -1.20. The Hall–Kier alpha value is -2.25. The van der Waals surface area contributed by atoms with Gasteiger partial charge in [-0.15, -0.1) is 0 Å². The van der Waals surface area contributed by atoms with Crippen molar-refractivity contribution in [3.8, 4) is 0 Å². The van der Waals surface area contributed by atoms with Gasteiger partial charge in [0.15, 0.2) is 0 Å². The largest absolute Gasteiger partial charge is 0.481 e. The van der Waals surface area contributed by atoms with E-state index in [1.165, 1.54) is 0 Å². The van der Waals surface area contributed by atoms with Gasteiger partial charge in [0, 0.05) is 29.9 Å². The predicted octanol–water partition coefficient (Wildman–Crippen LogP) is 3.60. The second-order valence-electron chi connectivity index (χ2n) is 8.94. The van der Waals surface area contributed by atoms with Crippen molar-refractivity contribution < 1.29 is 18.3 Å². The highest BCUT2D eigenvalue weighted by Crippen LogP contribution is 2.46. The molecule has 7 heteroatoms. The Morgan fingerprint density at radius 2 is 1.83 bits per heavy atom. The summed E-state index contributed by atoms with van der Waals surface area (Å²) in [6.07, 6.45) is 6.41. The number of pyridine rings is 1. The number of hydrogen-bond donors (Lipinski definition) is 1. The number of hydrogen-bond acceptors (Lipinski definition) is 4. The van der Waals surface area contributed by atoms with Crippen LogP contribution in [0.1, 0.15) is 66.3 Å². The van der Waals surface area contributed by atoms with Crippen LogP contribution in [0.4, 0.5) is 0 Å².